The molecule has 3 aromatic rings. The topological polar surface area (TPSA) is 41.6 Å². The molecule has 0 amide bonds. The Labute approximate surface area is 110 Å². The Morgan fingerprint density at radius 1 is 1.17 bits per heavy atom. The lowest BCUT2D eigenvalue weighted by molar-refractivity contribution is 1.04. The van der Waals surface area contributed by atoms with Gasteiger partial charge in [-0.3, -0.25) is 0 Å². The molecule has 2 heterocycles. The third kappa shape index (κ3) is 2.09. The molecule has 3 nitrogen and oxygen atoms in total. The van der Waals surface area contributed by atoms with E-state index in [9.17, 15) is 0 Å². The van der Waals surface area contributed by atoms with Crippen LogP contribution in [0.1, 0.15) is 17.0 Å². The number of aromatic nitrogens is 3. The van der Waals surface area contributed by atoms with Gasteiger partial charge in [-0.05, 0) is 18.6 Å². The summed E-state index contributed by atoms with van der Waals surface area (Å²) in [5, 5.41) is 0.468. The van der Waals surface area contributed by atoms with Crippen LogP contribution in [0.5, 0.6) is 0 Å². The third-order valence-electron chi connectivity index (χ3n) is 2.90. The molecule has 0 unspecified atom stereocenters. The second kappa shape index (κ2) is 4.42. The minimum atomic E-state index is 0.468. The van der Waals surface area contributed by atoms with E-state index in [0.29, 0.717) is 5.15 Å². The number of nitrogens with one attached hydrogen (secondary N) is 1. The minimum absolute atomic E-state index is 0.468. The zero-order valence-corrected chi connectivity index (χ0v) is 10.7. The van der Waals surface area contributed by atoms with E-state index in [1.165, 1.54) is 11.1 Å². The van der Waals surface area contributed by atoms with Crippen LogP contribution in [0, 0.1) is 6.92 Å². The van der Waals surface area contributed by atoms with Crippen LogP contribution in [0.2, 0.25) is 5.15 Å². The average Bonchev–Trinajstić information content (AvgIpc) is 2.76. The van der Waals surface area contributed by atoms with E-state index in [0.717, 1.165) is 23.3 Å². The third-order valence-corrected chi connectivity index (χ3v) is 3.19. The summed E-state index contributed by atoms with van der Waals surface area (Å²) in [7, 11) is 0. The van der Waals surface area contributed by atoms with Crippen molar-refractivity contribution < 1.29 is 0 Å². The zero-order valence-electron chi connectivity index (χ0n) is 9.94. The van der Waals surface area contributed by atoms with Gasteiger partial charge in [0.25, 0.3) is 0 Å². The summed E-state index contributed by atoms with van der Waals surface area (Å²) in [6.07, 6.45) is 2.44. The number of hydrogen-bond donors (Lipinski definition) is 1. The quantitative estimate of drug-likeness (QED) is 0.714. The van der Waals surface area contributed by atoms with Gasteiger partial charge in [0.2, 0.25) is 0 Å². The number of rotatable bonds is 2. The summed E-state index contributed by atoms with van der Waals surface area (Å²) < 4.78 is 0. The number of aryl methyl sites for hydroxylation is 1. The van der Waals surface area contributed by atoms with Gasteiger partial charge in [-0.15, -0.1) is 0 Å². The molecule has 0 atom stereocenters. The minimum Gasteiger partial charge on any atom is -0.339 e. The summed E-state index contributed by atoms with van der Waals surface area (Å²) >= 11 is 6.01. The molecule has 0 aliphatic carbocycles. The van der Waals surface area contributed by atoms with E-state index in [4.69, 9.17) is 11.6 Å². The van der Waals surface area contributed by atoms with Crippen molar-refractivity contribution in [2.75, 3.05) is 0 Å². The first kappa shape index (κ1) is 11.2. The van der Waals surface area contributed by atoms with Crippen LogP contribution in [-0.4, -0.2) is 15.0 Å². The fraction of sp³-hybridized carbons (Fsp3) is 0.143. The fourth-order valence-corrected chi connectivity index (χ4v) is 2.14. The molecule has 1 N–H and O–H groups in total. The highest BCUT2D eigenvalue weighted by atomic mass is 35.5. The van der Waals surface area contributed by atoms with Crippen molar-refractivity contribution >= 4 is 22.6 Å². The number of pyridine rings is 1. The number of imidazole rings is 1. The van der Waals surface area contributed by atoms with Crippen LogP contribution in [0.15, 0.2) is 36.5 Å². The van der Waals surface area contributed by atoms with E-state index < -0.39 is 0 Å². The summed E-state index contributed by atoms with van der Waals surface area (Å²) in [6, 6.07) is 10.3. The molecule has 0 saturated carbocycles. The van der Waals surface area contributed by atoms with Crippen LogP contribution in [0.4, 0.5) is 0 Å². The second-order valence-electron chi connectivity index (χ2n) is 4.34. The SMILES string of the molecule is Cc1ccc(Cc2nc3ccnc(Cl)c3[nH]2)cc1. The summed E-state index contributed by atoms with van der Waals surface area (Å²) in [5.74, 6) is 0.906. The molecular formula is C14H12ClN3. The van der Waals surface area contributed by atoms with Gasteiger partial charge in [0.05, 0.1) is 5.52 Å². The number of H-pyrrole nitrogens is 1. The van der Waals surface area contributed by atoms with Crippen LogP contribution in [0.25, 0.3) is 11.0 Å². The van der Waals surface area contributed by atoms with Gasteiger partial charge in [0.1, 0.15) is 11.3 Å². The lowest BCUT2D eigenvalue weighted by Crippen LogP contribution is -1.90. The fourth-order valence-electron chi connectivity index (χ4n) is 1.94. The highest BCUT2D eigenvalue weighted by molar-refractivity contribution is 6.33. The Morgan fingerprint density at radius 3 is 2.67 bits per heavy atom. The molecule has 0 aliphatic heterocycles. The molecule has 3 rings (SSSR count). The number of aromatic amines is 1. The maximum atomic E-state index is 6.01. The molecule has 0 aliphatic rings. The molecule has 90 valence electrons. The van der Waals surface area contributed by atoms with Gasteiger partial charge >= 0.3 is 0 Å². The normalized spacial score (nSPS) is 11.0. The van der Waals surface area contributed by atoms with Crippen molar-refractivity contribution in [2.24, 2.45) is 0 Å². The molecule has 0 bridgehead atoms. The number of hydrogen-bond acceptors (Lipinski definition) is 2. The molecule has 1 aromatic carbocycles. The van der Waals surface area contributed by atoms with Crippen LogP contribution in [-0.2, 0) is 6.42 Å². The maximum Gasteiger partial charge on any atom is 0.154 e. The summed E-state index contributed by atoms with van der Waals surface area (Å²) in [5.41, 5.74) is 4.15. The summed E-state index contributed by atoms with van der Waals surface area (Å²) in [4.78, 5) is 11.8. The van der Waals surface area contributed by atoms with Crippen molar-refractivity contribution in [3.8, 4) is 0 Å². The Hall–Kier alpha value is -1.87. The molecule has 0 radical (unpaired) electrons. The molecule has 18 heavy (non-hydrogen) atoms. The van der Waals surface area contributed by atoms with Crippen molar-refractivity contribution in [2.45, 2.75) is 13.3 Å². The van der Waals surface area contributed by atoms with E-state index >= 15 is 0 Å². The van der Waals surface area contributed by atoms with E-state index in [-0.39, 0.29) is 0 Å². The lowest BCUT2D eigenvalue weighted by Gasteiger charge is -1.98. The number of benzene rings is 1. The van der Waals surface area contributed by atoms with Crippen molar-refractivity contribution in [1.82, 2.24) is 15.0 Å². The van der Waals surface area contributed by atoms with Crippen LogP contribution >= 0.6 is 11.6 Å². The van der Waals surface area contributed by atoms with Crippen LogP contribution < -0.4 is 0 Å². The van der Waals surface area contributed by atoms with Crippen molar-refractivity contribution in [3.05, 3.63) is 58.6 Å². The first-order chi connectivity index (χ1) is 8.72. The highest BCUT2D eigenvalue weighted by Crippen LogP contribution is 2.19. The number of halogens is 1. The number of fused-ring (bicyclic) bond motifs is 1. The Kier molecular flexibility index (Phi) is 2.76. The zero-order chi connectivity index (χ0) is 12.5. The second-order valence-corrected chi connectivity index (χ2v) is 4.70. The molecule has 0 fully saturated rings. The lowest BCUT2D eigenvalue weighted by atomic mass is 10.1. The summed E-state index contributed by atoms with van der Waals surface area (Å²) in [6.45, 7) is 2.08. The maximum absolute atomic E-state index is 6.01. The van der Waals surface area contributed by atoms with Gasteiger partial charge < -0.3 is 4.98 Å². The molecule has 2 aromatic heterocycles. The standard InChI is InChI=1S/C14H12ClN3/c1-9-2-4-10(5-3-9)8-12-17-11-6-7-16-14(15)13(11)18-12/h2-7H,8H2,1H3,(H,17,18). The molecular weight excluding hydrogens is 246 g/mol. The monoisotopic (exact) mass is 257 g/mol. The largest absolute Gasteiger partial charge is 0.339 e. The van der Waals surface area contributed by atoms with E-state index in [1.54, 1.807) is 6.20 Å². The molecule has 4 heteroatoms. The van der Waals surface area contributed by atoms with Gasteiger partial charge in [0.15, 0.2) is 5.15 Å². The Balaban J connectivity index is 1.95. The smallest absolute Gasteiger partial charge is 0.154 e. The van der Waals surface area contributed by atoms with Gasteiger partial charge in [-0.2, -0.15) is 0 Å². The van der Waals surface area contributed by atoms with Gasteiger partial charge in [-0.25, -0.2) is 9.97 Å². The first-order valence-electron chi connectivity index (χ1n) is 5.77. The van der Waals surface area contributed by atoms with E-state index in [2.05, 4.69) is 46.1 Å². The number of nitrogens with zero attached hydrogens (tertiary/aromatic N) is 2. The van der Waals surface area contributed by atoms with Gasteiger partial charge in [-0.1, -0.05) is 41.4 Å². The first-order valence-corrected chi connectivity index (χ1v) is 6.15. The average molecular weight is 258 g/mol. The predicted molar refractivity (Wildman–Crippen MR) is 72.9 cm³/mol. The van der Waals surface area contributed by atoms with Crippen molar-refractivity contribution in [3.63, 3.8) is 0 Å². The van der Waals surface area contributed by atoms with E-state index in [1.807, 2.05) is 6.07 Å². The van der Waals surface area contributed by atoms with Crippen LogP contribution in [0.3, 0.4) is 0 Å². The Bertz CT molecular complexity index is 686. The molecule has 0 spiro atoms. The van der Waals surface area contributed by atoms with Crippen molar-refractivity contribution in [1.29, 1.82) is 0 Å². The highest BCUT2D eigenvalue weighted by Gasteiger charge is 2.07. The van der Waals surface area contributed by atoms with Gasteiger partial charge in [0, 0.05) is 12.6 Å². The predicted octanol–water partition coefficient (Wildman–Crippen LogP) is 3.51. The Morgan fingerprint density at radius 2 is 1.94 bits per heavy atom. The molecule has 0 saturated heterocycles.